The Labute approximate surface area is 106 Å². The van der Waals surface area contributed by atoms with E-state index in [4.69, 9.17) is 0 Å². The predicted molar refractivity (Wildman–Crippen MR) is 67.3 cm³/mol. The van der Waals surface area contributed by atoms with Gasteiger partial charge >= 0.3 is 5.69 Å². The SMILES string of the molecule is CCCNC(=O)Cn1nc2n(c1=O)CCCCC2. The molecule has 1 aromatic rings. The number of rotatable bonds is 4. The van der Waals surface area contributed by atoms with Gasteiger partial charge in [0.25, 0.3) is 0 Å². The minimum Gasteiger partial charge on any atom is -0.355 e. The molecule has 0 bridgehead atoms. The van der Waals surface area contributed by atoms with Gasteiger partial charge in [-0.2, -0.15) is 5.10 Å². The summed E-state index contributed by atoms with van der Waals surface area (Å²) in [5, 5.41) is 7.02. The second kappa shape index (κ2) is 5.84. The number of amides is 1. The molecule has 0 saturated carbocycles. The number of carbonyl (C=O) groups is 1. The second-order valence-electron chi connectivity index (χ2n) is 4.67. The zero-order chi connectivity index (χ0) is 13.0. The van der Waals surface area contributed by atoms with Crippen LogP contribution in [0.25, 0.3) is 0 Å². The van der Waals surface area contributed by atoms with E-state index < -0.39 is 0 Å². The predicted octanol–water partition coefficient (Wildman–Crippen LogP) is 0.297. The summed E-state index contributed by atoms with van der Waals surface area (Å²) in [5.41, 5.74) is -0.154. The van der Waals surface area contributed by atoms with Crippen LogP contribution in [-0.4, -0.2) is 26.8 Å². The van der Waals surface area contributed by atoms with Crippen LogP contribution in [0.2, 0.25) is 0 Å². The van der Waals surface area contributed by atoms with Gasteiger partial charge in [-0.15, -0.1) is 0 Å². The minimum absolute atomic E-state index is 0.0266. The summed E-state index contributed by atoms with van der Waals surface area (Å²) in [5.74, 6) is 0.674. The molecule has 1 N–H and O–H groups in total. The lowest BCUT2D eigenvalue weighted by atomic mass is 10.2. The Kier molecular flexibility index (Phi) is 4.17. The fourth-order valence-corrected chi connectivity index (χ4v) is 2.18. The van der Waals surface area contributed by atoms with Crippen LogP contribution >= 0.6 is 0 Å². The molecule has 1 amide bonds. The number of aromatic nitrogens is 3. The normalized spacial score (nSPS) is 14.9. The molecule has 0 aliphatic carbocycles. The van der Waals surface area contributed by atoms with E-state index in [2.05, 4.69) is 10.4 Å². The van der Waals surface area contributed by atoms with Crippen molar-refractivity contribution in [2.75, 3.05) is 6.54 Å². The topological polar surface area (TPSA) is 68.9 Å². The van der Waals surface area contributed by atoms with Crippen LogP contribution in [0.4, 0.5) is 0 Å². The van der Waals surface area contributed by atoms with E-state index in [0.29, 0.717) is 6.54 Å². The molecule has 2 rings (SSSR count). The first-order chi connectivity index (χ1) is 8.72. The monoisotopic (exact) mass is 252 g/mol. The molecule has 18 heavy (non-hydrogen) atoms. The highest BCUT2D eigenvalue weighted by Gasteiger charge is 2.16. The second-order valence-corrected chi connectivity index (χ2v) is 4.67. The Morgan fingerprint density at radius 3 is 3.00 bits per heavy atom. The van der Waals surface area contributed by atoms with Crippen molar-refractivity contribution < 1.29 is 4.79 Å². The Bertz CT molecular complexity index is 475. The third kappa shape index (κ3) is 2.80. The van der Waals surface area contributed by atoms with Crippen LogP contribution in [-0.2, 0) is 24.3 Å². The average molecular weight is 252 g/mol. The lowest BCUT2D eigenvalue weighted by molar-refractivity contribution is -0.121. The first-order valence-electron chi connectivity index (χ1n) is 6.65. The van der Waals surface area contributed by atoms with E-state index in [1.165, 1.54) is 4.68 Å². The first-order valence-corrected chi connectivity index (χ1v) is 6.65. The van der Waals surface area contributed by atoms with Crippen molar-refractivity contribution in [3.8, 4) is 0 Å². The Morgan fingerprint density at radius 2 is 2.22 bits per heavy atom. The van der Waals surface area contributed by atoms with Crippen molar-refractivity contribution >= 4 is 5.91 Å². The maximum absolute atomic E-state index is 12.1. The van der Waals surface area contributed by atoms with Gasteiger partial charge in [-0.3, -0.25) is 9.36 Å². The molecule has 6 heteroatoms. The summed E-state index contributed by atoms with van der Waals surface area (Å²) in [4.78, 5) is 23.6. The van der Waals surface area contributed by atoms with Gasteiger partial charge in [-0.1, -0.05) is 13.3 Å². The number of carbonyl (C=O) groups excluding carboxylic acids is 1. The molecule has 0 radical (unpaired) electrons. The van der Waals surface area contributed by atoms with Crippen molar-refractivity contribution in [1.29, 1.82) is 0 Å². The smallest absolute Gasteiger partial charge is 0.346 e. The maximum atomic E-state index is 12.1. The maximum Gasteiger partial charge on any atom is 0.346 e. The van der Waals surface area contributed by atoms with Crippen molar-refractivity contribution in [3.63, 3.8) is 0 Å². The minimum atomic E-state index is -0.154. The molecule has 0 fully saturated rings. The number of aryl methyl sites for hydroxylation is 1. The molecule has 2 heterocycles. The van der Waals surface area contributed by atoms with Gasteiger partial charge in [-0.25, -0.2) is 9.48 Å². The highest BCUT2D eigenvalue weighted by molar-refractivity contribution is 5.75. The van der Waals surface area contributed by atoms with E-state index in [9.17, 15) is 9.59 Å². The van der Waals surface area contributed by atoms with Crippen LogP contribution in [0.3, 0.4) is 0 Å². The molecule has 0 unspecified atom stereocenters. The van der Waals surface area contributed by atoms with E-state index in [1.54, 1.807) is 4.57 Å². The number of nitrogens with one attached hydrogen (secondary N) is 1. The molecule has 1 aliphatic rings. The van der Waals surface area contributed by atoms with Crippen LogP contribution in [0.15, 0.2) is 4.79 Å². The van der Waals surface area contributed by atoms with E-state index >= 15 is 0 Å². The number of hydrogen-bond donors (Lipinski definition) is 1. The summed E-state index contributed by atoms with van der Waals surface area (Å²) in [6.07, 6.45) is 4.94. The fourth-order valence-electron chi connectivity index (χ4n) is 2.18. The number of hydrogen-bond acceptors (Lipinski definition) is 3. The average Bonchev–Trinajstić information content (AvgIpc) is 2.57. The van der Waals surface area contributed by atoms with Gasteiger partial charge in [-0.05, 0) is 19.3 Å². The zero-order valence-corrected chi connectivity index (χ0v) is 10.8. The largest absolute Gasteiger partial charge is 0.355 e. The van der Waals surface area contributed by atoms with E-state index in [0.717, 1.165) is 44.5 Å². The third-order valence-electron chi connectivity index (χ3n) is 3.15. The molecule has 0 aromatic carbocycles. The quantitative estimate of drug-likeness (QED) is 0.837. The highest BCUT2D eigenvalue weighted by Crippen LogP contribution is 2.09. The van der Waals surface area contributed by atoms with Crippen molar-refractivity contribution in [2.24, 2.45) is 0 Å². The van der Waals surface area contributed by atoms with Gasteiger partial charge in [0.1, 0.15) is 12.4 Å². The van der Waals surface area contributed by atoms with Gasteiger partial charge in [0, 0.05) is 19.5 Å². The third-order valence-corrected chi connectivity index (χ3v) is 3.15. The van der Waals surface area contributed by atoms with Crippen LogP contribution in [0.1, 0.15) is 38.4 Å². The fraction of sp³-hybridized carbons (Fsp3) is 0.750. The summed E-state index contributed by atoms with van der Waals surface area (Å²) in [7, 11) is 0. The van der Waals surface area contributed by atoms with Crippen LogP contribution in [0, 0.1) is 0 Å². The van der Waals surface area contributed by atoms with Crippen molar-refractivity contribution in [3.05, 3.63) is 16.3 Å². The zero-order valence-electron chi connectivity index (χ0n) is 10.8. The van der Waals surface area contributed by atoms with E-state index in [-0.39, 0.29) is 18.1 Å². The lowest BCUT2D eigenvalue weighted by Gasteiger charge is -2.02. The van der Waals surface area contributed by atoms with E-state index in [1.807, 2.05) is 6.92 Å². The molecular formula is C12H20N4O2. The van der Waals surface area contributed by atoms with Crippen LogP contribution < -0.4 is 11.0 Å². The molecule has 0 atom stereocenters. The van der Waals surface area contributed by atoms with Gasteiger partial charge < -0.3 is 5.32 Å². The molecule has 6 nitrogen and oxygen atoms in total. The summed E-state index contributed by atoms with van der Waals surface area (Å²) < 4.78 is 2.99. The Hall–Kier alpha value is -1.59. The summed E-state index contributed by atoms with van der Waals surface area (Å²) in [6.45, 7) is 3.38. The Morgan fingerprint density at radius 1 is 1.39 bits per heavy atom. The summed E-state index contributed by atoms with van der Waals surface area (Å²) >= 11 is 0. The lowest BCUT2D eigenvalue weighted by Crippen LogP contribution is -2.34. The molecule has 1 aliphatic heterocycles. The molecule has 100 valence electrons. The first kappa shape index (κ1) is 12.9. The van der Waals surface area contributed by atoms with Crippen LogP contribution in [0.5, 0.6) is 0 Å². The van der Waals surface area contributed by atoms with Crippen molar-refractivity contribution in [1.82, 2.24) is 19.7 Å². The molecule has 0 spiro atoms. The van der Waals surface area contributed by atoms with Gasteiger partial charge in [0.15, 0.2) is 0 Å². The number of fused-ring (bicyclic) bond motifs is 1. The Balaban J connectivity index is 2.10. The van der Waals surface area contributed by atoms with Gasteiger partial charge in [0.05, 0.1) is 0 Å². The van der Waals surface area contributed by atoms with Crippen molar-refractivity contribution in [2.45, 2.75) is 52.1 Å². The molecule has 0 saturated heterocycles. The molecular weight excluding hydrogens is 232 g/mol. The number of nitrogens with zero attached hydrogens (tertiary/aromatic N) is 3. The summed E-state index contributed by atoms with van der Waals surface area (Å²) in [6, 6.07) is 0. The standard InChI is InChI=1S/C12H20N4O2/c1-2-7-13-11(17)9-16-12(18)15-8-5-3-4-6-10(15)14-16/h2-9H2,1H3,(H,13,17). The highest BCUT2D eigenvalue weighted by atomic mass is 16.2. The van der Waals surface area contributed by atoms with Gasteiger partial charge in [0.2, 0.25) is 5.91 Å². The molecule has 1 aromatic heterocycles.